The average molecular weight is 310 g/mol. The Hall–Kier alpha value is -3.28. The number of aromatic carboxylic acids is 1. The fraction of sp³-hybridized carbons (Fsp3) is 0.0588. The van der Waals surface area contributed by atoms with Gasteiger partial charge in [-0.2, -0.15) is 0 Å². The van der Waals surface area contributed by atoms with Crippen LogP contribution >= 0.6 is 0 Å². The van der Waals surface area contributed by atoms with Gasteiger partial charge >= 0.3 is 5.97 Å². The maximum Gasteiger partial charge on any atom is 0.335 e. The zero-order valence-corrected chi connectivity index (χ0v) is 12.0. The van der Waals surface area contributed by atoms with Crippen molar-refractivity contribution in [3.8, 4) is 5.75 Å². The third-order valence-corrected chi connectivity index (χ3v) is 3.50. The highest BCUT2D eigenvalue weighted by atomic mass is 16.4. The molecular formula is C17H14N2O4. The predicted molar refractivity (Wildman–Crippen MR) is 84.5 cm³/mol. The Morgan fingerprint density at radius 3 is 2.48 bits per heavy atom. The number of hydrogen-bond donors (Lipinski definition) is 4. The molecule has 0 aliphatic rings. The summed E-state index contributed by atoms with van der Waals surface area (Å²) in [4.78, 5) is 25.9. The first-order chi connectivity index (χ1) is 11.0. The van der Waals surface area contributed by atoms with E-state index in [4.69, 9.17) is 5.11 Å². The number of phenols is 1. The lowest BCUT2D eigenvalue weighted by molar-refractivity contribution is 0.0696. The van der Waals surface area contributed by atoms with E-state index < -0.39 is 5.97 Å². The first-order valence-corrected chi connectivity index (χ1v) is 6.95. The SMILES string of the molecule is O=C(O)c1ccc(CNC(=O)c2cc3cc(O)ccc3[nH]2)cc1. The number of amides is 1. The number of aromatic hydroxyl groups is 1. The lowest BCUT2D eigenvalue weighted by atomic mass is 10.1. The summed E-state index contributed by atoms with van der Waals surface area (Å²) in [6.07, 6.45) is 0. The molecule has 6 nitrogen and oxygen atoms in total. The van der Waals surface area contributed by atoms with Crippen LogP contribution in [-0.2, 0) is 6.54 Å². The first-order valence-electron chi connectivity index (χ1n) is 6.95. The van der Waals surface area contributed by atoms with Gasteiger partial charge in [-0.15, -0.1) is 0 Å². The number of fused-ring (bicyclic) bond motifs is 1. The van der Waals surface area contributed by atoms with Crippen molar-refractivity contribution in [1.82, 2.24) is 10.3 Å². The van der Waals surface area contributed by atoms with Gasteiger partial charge in [0, 0.05) is 17.4 Å². The highest BCUT2D eigenvalue weighted by molar-refractivity contribution is 5.98. The number of benzene rings is 2. The molecular weight excluding hydrogens is 296 g/mol. The zero-order valence-electron chi connectivity index (χ0n) is 12.0. The van der Waals surface area contributed by atoms with E-state index in [1.165, 1.54) is 12.1 Å². The number of carboxylic acid groups (broad SMARTS) is 1. The zero-order chi connectivity index (χ0) is 16.4. The molecule has 1 aromatic heterocycles. The Labute approximate surface area is 131 Å². The molecule has 6 heteroatoms. The van der Waals surface area contributed by atoms with Crippen LogP contribution in [0.1, 0.15) is 26.4 Å². The van der Waals surface area contributed by atoms with Crippen molar-refractivity contribution < 1.29 is 19.8 Å². The van der Waals surface area contributed by atoms with Crippen LogP contribution in [0.2, 0.25) is 0 Å². The molecule has 0 unspecified atom stereocenters. The van der Waals surface area contributed by atoms with E-state index in [1.54, 1.807) is 36.4 Å². The van der Waals surface area contributed by atoms with Gasteiger partial charge in [0.05, 0.1) is 5.56 Å². The third kappa shape index (κ3) is 3.16. The molecule has 0 bridgehead atoms. The van der Waals surface area contributed by atoms with Gasteiger partial charge in [0.15, 0.2) is 0 Å². The van der Waals surface area contributed by atoms with E-state index in [1.807, 2.05) is 0 Å². The highest BCUT2D eigenvalue weighted by Crippen LogP contribution is 2.20. The van der Waals surface area contributed by atoms with E-state index in [0.717, 1.165) is 16.5 Å². The van der Waals surface area contributed by atoms with Crippen LogP contribution in [0.5, 0.6) is 5.75 Å². The molecule has 4 N–H and O–H groups in total. The molecule has 3 aromatic rings. The molecule has 0 radical (unpaired) electrons. The molecule has 0 aliphatic carbocycles. The summed E-state index contributed by atoms with van der Waals surface area (Å²) in [6.45, 7) is 0.291. The van der Waals surface area contributed by atoms with Gasteiger partial charge in [-0.1, -0.05) is 12.1 Å². The summed E-state index contributed by atoms with van der Waals surface area (Å²) in [5.41, 5.74) is 2.17. The van der Waals surface area contributed by atoms with Gasteiger partial charge in [-0.3, -0.25) is 4.79 Å². The molecule has 116 valence electrons. The van der Waals surface area contributed by atoms with Crippen LogP contribution in [0.3, 0.4) is 0 Å². The Kier molecular flexibility index (Phi) is 3.72. The number of H-pyrrole nitrogens is 1. The number of aromatic amines is 1. The minimum atomic E-state index is -0.984. The molecule has 0 spiro atoms. The Bertz CT molecular complexity index is 881. The molecule has 0 aliphatic heterocycles. The topological polar surface area (TPSA) is 102 Å². The number of nitrogens with one attached hydrogen (secondary N) is 2. The maximum atomic E-state index is 12.1. The van der Waals surface area contributed by atoms with Crippen LogP contribution in [0.4, 0.5) is 0 Å². The van der Waals surface area contributed by atoms with E-state index >= 15 is 0 Å². The smallest absolute Gasteiger partial charge is 0.335 e. The molecule has 2 aromatic carbocycles. The van der Waals surface area contributed by atoms with Gasteiger partial charge in [0.25, 0.3) is 5.91 Å². The maximum absolute atomic E-state index is 12.1. The summed E-state index contributed by atoms with van der Waals surface area (Å²) in [5, 5.41) is 21.8. The number of hydrogen-bond acceptors (Lipinski definition) is 3. The summed E-state index contributed by atoms with van der Waals surface area (Å²) < 4.78 is 0. The molecule has 0 atom stereocenters. The van der Waals surface area contributed by atoms with Crippen molar-refractivity contribution in [3.05, 3.63) is 65.4 Å². The number of carboxylic acids is 1. The second-order valence-electron chi connectivity index (χ2n) is 5.14. The van der Waals surface area contributed by atoms with Gasteiger partial charge in [0.2, 0.25) is 0 Å². The Morgan fingerprint density at radius 1 is 1.04 bits per heavy atom. The van der Waals surface area contributed by atoms with Gasteiger partial charge in [0.1, 0.15) is 11.4 Å². The second kappa shape index (κ2) is 5.84. The van der Waals surface area contributed by atoms with Crippen molar-refractivity contribution in [2.75, 3.05) is 0 Å². The predicted octanol–water partition coefficient (Wildman–Crippen LogP) is 2.50. The van der Waals surface area contributed by atoms with E-state index in [2.05, 4.69) is 10.3 Å². The minimum absolute atomic E-state index is 0.141. The fourth-order valence-corrected chi connectivity index (χ4v) is 2.29. The minimum Gasteiger partial charge on any atom is -0.508 e. The van der Waals surface area contributed by atoms with Gasteiger partial charge < -0.3 is 20.5 Å². The molecule has 0 saturated carbocycles. The summed E-state index contributed by atoms with van der Waals surface area (Å²) >= 11 is 0. The number of aromatic nitrogens is 1. The van der Waals surface area contributed by atoms with Crippen molar-refractivity contribution in [1.29, 1.82) is 0 Å². The molecule has 0 fully saturated rings. The van der Waals surface area contributed by atoms with Crippen molar-refractivity contribution >= 4 is 22.8 Å². The molecule has 1 heterocycles. The normalized spacial score (nSPS) is 10.6. The summed E-state index contributed by atoms with van der Waals surface area (Å²) in [7, 11) is 0. The van der Waals surface area contributed by atoms with E-state index in [-0.39, 0.29) is 17.2 Å². The standard InChI is InChI=1S/C17H14N2O4/c20-13-5-6-14-12(7-13)8-15(19-14)16(21)18-9-10-1-3-11(4-2-10)17(22)23/h1-8,19-20H,9H2,(H,18,21)(H,22,23). The average Bonchev–Trinajstić information content (AvgIpc) is 2.96. The van der Waals surface area contributed by atoms with Crippen LogP contribution in [0.25, 0.3) is 10.9 Å². The molecule has 23 heavy (non-hydrogen) atoms. The van der Waals surface area contributed by atoms with Crippen LogP contribution in [0, 0.1) is 0 Å². The number of rotatable bonds is 4. The summed E-state index contributed by atoms with van der Waals surface area (Å²) in [6, 6.07) is 12.8. The van der Waals surface area contributed by atoms with Crippen molar-refractivity contribution in [2.45, 2.75) is 6.54 Å². The number of phenolic OH excluding ortho intramolecular Hbond substituents is 1. The number of carbonyl (C=O) groups is 2. The first kappa shape index (κ1) is 14.6. The lowest BCUT2D eigenvalue weighted by Crippen LogP contribution is -2.23. The Balaban J connectivity index is 1.69. The van der Waals surface area contributed by atoms with Crippen LogP contribution < -0.4 is 5.32 Å². The van der Waals surface area contributed by atoms with Crippen molar-refractivity contribution in [3.63, 3.8) is 0 Å². The lowest BCUT2D eigenvalue weighted by Gasteiger charge is -2.04. The molecule has 1 amide bonds. The Morgan fingerprint density at radius 2 is 1.78 bits per heavy atom. The quantitative estimate of drug-likeness (QED) is 0.594. The van der Waals surface area contributed by atoms with Crippen LogP contribution in [-0.4, -0.2) is 27.1 Å². The fourth-order valence-electron chi connectivity index (χ4n) is 2.29. The third-order valence-electron chi connectivity index (χ3n) is 3.50. The van der Waals surface area contributed by atoms with Gasteiger partial charge in [-0.05, 0) is 42.0 Å². The van der Waals surface area contributed by atoms with Gasteiger partial charge in [-0.25, -0.2) is 4.79 Å². The van der Waals surface area contributed by atoms with E-state index in [0.29, 0.717) is 12.2 Å². The molecule has 0 saturated heterocycles. The van der Waals surface area contributed by atoms with E-state index in [9.17, 15) is 14.7 Å². The largest absolute Gasteiger partial charge is 0.508 e. The van der Waals surface area contributed by atoms with Crippen molar-refractivity contribution in [2.24, 2.45) is 0 Å². The van der Waals surface area contributed by atoms with Crippen LogP contribution in [0.15, 0.2) is 48.5 Å². The molecule has 3 rings (SSSR count). The monoisotopic (exact) mass is 310 g/mol. The summed E-state index contributed by atoms with van der Waals surface area (Å²) in [5.74, 6) is -1.12. The second-order valence-corrected chi connectivity index (χ2v) is 5.14. The highest BCUT2D eigenvalue weighted by Gasteiger charge is 2.10. The number of carbonyl (C=O) groups excluding carboxylic acids is 1.